The third-order valence-corrected chi connectivity index (χ3v) is 4.15. The normalized spacial score (nSPS) is 19.7. The summed E-state index contributed by atoms with van der Waals surface area (Å²) in [5.74, 6) is 0.288. The molecule has 1 N–H and O–H groups in total. The van der Waals surface area contributed by atoms with Gasteiger partial charge in [0.25, 0.3) is 0 Å². The van der Waals surface area contributed by atoms with Crippen molar-refractivity contribution in [3.05, 3.63) is 58.7 Å². The SMILES string of the molecule is C=C(C)[C@@H]1CC=C(C)/C(=N\NC(=O)Cc2ccc(Cl)cc2)C1. The van der Waals surface area contributed by atoms with Gasteiger partial charge in [0.15, 0.2) is 0 Å². The van der Waals surface area contributed by atoms with Crippen LogP contribution in [-0.2, 0) is 11.2 Å². The molecule has 116 valence electrons. The summed E-state index contributed by atoms with van der Waals surface area (Å²) in [6.45, 7) is 8.08. The third-order valence-electron chi connectivity index (χ3n) is 3.89. The van der Waals surface area contributed by atoms with Crippen molar-refractivity contribution in [1.82, 2.24) is 5.43 Å². The van der Waals surface area contributed by atoms with Crippen LogP contribution in [-0.4, -0.2) is 11.6 Å². The van der Waals surface area contributed by atoms with E-state index >= 15 is 0 Å². The molecule has 1 aliphatic rings. The monoisotopic (exact) mass is 316 g/mol. The first kappa shape index (κ1) is 16.5. The number of halogens is 1. The molecule has 2 rings (SSSR count). The lowest BCUT2D eigenvalue weighted by Crippen LogP contribution is -2.24. The van der Waals surface area contributed by atoms with Gasteiger partial charge in [-0.25, -0.2) is 5.43 Å². The molecular formula is C18H21ClN2O. The Hall–Kier alpha value is -1.87. The minimum Gasteiger partial charge on any atom is -0.273 e. The van der Waals surface area contributed by atoms with Gasteiger partial charge in [-0.1, -0.05) is 42.0 Å². The van der Waals surface area contributed by atoms with E-state index in [4.69, 9.17) is 11.6 Å². The molecule has 0 heterocycles. The Morgan fingerprint density at radius 1 is 1.41 bits per heavy atom. The van der Waals surface area contributed by atoms with Gasteiger partial charge in [-0.2, -0.15) is 5.10 Å². The Balaban J connectivity index is 1.96. The molecule has 3 nitrogen and oxygen atoms in total. The topological polar surface area (TPSA) is 41.5 Å². The fraction of sp³-hybridized carbons (Fsp3) is 0.333. The summed E-state index contributed by atoms with van der Waals surface area (Å²) in [5, 5.41) is 4.96. The minimum absolute atomic E-state index is 0.125. The van der Waals surface area contributed by atoms with E-state index in [-0.39, 0.29) is 5.91 Å². The summed E-state index contributed by atoms with van der Waals surface area (Å²) >= 11 is 5.83. The number of rotatable bonds is 4. The van der Waals surface area contributed by atoms with Crippen molar-refractivity contribution >= 4 is 23.2 Å². The number of benzene rings is 1. The highest BCUT2D eigenvalue weighted by molar-refractivity contribution is 6.30. The maximum absolute atomic E-state index is 12.0. The van der Waals surface area contributed by atoms with Gasteiger partial charge in [0.2, 0.25) is 5.91 Å². The predicted octanol–water partition coefficient (Wildman–Crippen LogP) is 4.29. The van der Waals surface area contributed by atoms with E-state index in [1.54, 1.807) is 12.1 Å². The van der Waals surface area contributed by atoms with Crippen LogP contribution in [0, 0.1) is 5.92 Å². The van der Waals surface area contributed by atoms with Gasteiger partial charge in [-0.3, -0.25) is 4.79 Å². The average molecular weight is 317 g/mol. The summed E-state index contributed by atoms with van der Waals surface area (Å²) in [4.78, 5) is 12.0. The fourth-order valence-electron chi connectivity index (χ4n) is 2.38. The van der Waals surface area contributed by atoms with Gasteiger partial charge in [0.05, 0.1) is 12.1 Å². The molecule has 0 fully saturated rings. The van der Waals surface area contributed by atoms with Gasteiger partial charge < -0.3 is 0 Å². The van der Waals surface area contributed by atoms with Crippen LogP contribution >= 0.6 is 11.6 Å². The number of carbonyl (C=O) groups is 1. The highest BCUT2D eigenvalue weighted by atomic mass is 35.5. The van der Waals surface area contributed by atoms with Crippen LogP contribution in [0.15, 0.2) is 53.2 Å². The Morgan fingerprint density at radius 3 is 2.73 bits per heavy atom. The number of nitrogens with one attached hydrogen (secondary N) is 1. The summed E-state index contributed by atoms with van der Waals surface area (Å²) in [7, 11) is 0. The number of amides is 1. The molecule has 1 aromatic rings. The lowest BCUT2D eigenvalue weighted by Gasteiger charge is -2.22. The van der Waals surface area contributed by atoms with Crippen LogP contribution in [0.1, 0.15) is 32.3 Å². The second-order valence-corrected chi connectivity index (χ2v) is 6.20. The summed E-state index contributed by atoms with van der Waals surface area (Å²) in [5.41, 5.74) is 6.78. The Morgan fingerprint density at radius 2 is 2.09 bits per heavy atom. The molecule has 0 radical (unpaired) electrons. The van der Waals surface area contributed by atoms with E-state index in [1.807, 2.05) is 26.0 Å². The van der Waals surface area contributed by atoms with E-state index in [0.717, 1.165) is 35.3 Å². The molecule has 0 aromatic heterocycles. The van der Waals surface area contributed by atoms with Gasteiger partial charge >= 0.3 is 0 Å². The number of hydrogen-bond acceptors (Lipinski definition) is 2. The Bertz CT molecular complexity index is 629. The van der Waals surface area contributed by atoms with E-state index in [9.17, 15) is 4.79 Å². The molecule has 0 bridgehead atoms. The molecule has 22 heavy (non-hydrogen) atoms. The number of hydrogen-bond donors (Lipinski definition) is 1. The number of allylic oxidation sites excluding steroid dienone is 3. The standard InChI is InChI=1S/C18H21ClN2O/c1-12(2)15-7-4-13(3)17(11-15)20-21-18(22)10-14-5-8-16(19)9-6-14/h4-6,8-9,15H,1,7,10-11H2,2-3H3,(H,21,22)/b20-17-/t15-/m1/s1. The van der Waals surface area contributed by atoms with Gasteiger partial charge in [-0.15, -0.1) is 0 Å². The van der Waals surface area contributed by atoms with Gasteiger partial charge in [-0.05, 0) is 55.9 Å². The molecule has 0 saturated heterocycles. The van der Waals surface area contributed by atoms with Crippen molar-refractivity contribution in [1.29, 1.82) is 0 Å². The number of hydrazone groups is 1. The van der Waals surface area contributed by atoms with Crippen LogP contribution < -0.4 is 5.43 Å². The molecule has 4 heteroatoms. The van der Waals surface area contributed by atoms with Gasteiger partial charge in [0, 0.05) is 5.02 Å². The largest absolute Gasteiger partial charge is 0.273 e. The summed E-state index contributed by atoms with van der Waals surface area (Å²) in [6.07, 6.45) is 4.28. The lowest BCUT2D eigenvalue weighted by atomic mass is 9.85. The first-order valence-corrected chi connectivity index (χ1v) is 7.76. The van der Waals surface area contributed by atoms with Crippen molar-refractivity contribution in [2.45, 2.75) is 33.1 Å². The third kappa shape index (κ3) is 4.57. The molecule has 1 atom stereocenters. The van der Waals surface area contributed by atoms with Gasteiger partial charge in [0.1, 0.15) is 0 Å². The van der Waals surface area contributed by atoms with Crippen LogP contribution in [0.3, 0.4) is 0 Å². The maximum Gasteiger partial charge on any atom is 0.244 e. The van der Waals surface area contributed by atoms with Crippen molar-refractivity contribution in [3.8, 4) is 0 Å². The van der Waals surface area contributed by atoms with E-state index < -0.39 is 0 Å². The zero-order chi connectivity index (χ0) is 16.1. The van der Waals surface area contributed by atoms with Crippen LogP contribution in [0.5, 0.6) is 0 Å². The predicted molar refractivity (Wildman–Crippen MR) is 92.0 cm³/mol. The Labute approximate surface area is 136 Å². The first-order chi connectivity index (χ1) is 10.5. The smallest absolute Gasteiger partial charge is 0.244 e. The molecule has 0 unspecified atom stereocenters. The molecule has 1 aromatic carbocycles. The molecular weight excluding hydrogens is 296 g/mol. The first-order valence-electron chi connectivity index (χ1n) is 7.38. The summed E-state index contributed by atoms with van der Waals surface area (Å²) in [6, 6.07) is 7.25. The molecule has 0 saturated carbocycles. The lowest BCUT2D eigenvalue weighted by molar-refractivity contribution is -0.120. The molecule has 0 spiro atoms. The second-order valence-electron chi connectivity index (χ2n) is 5.77. The zero-order valence-electron chi connectivity index (χ0n) is 13.0. The van der Waals surface area contributed by atoms with Crippen LogP contribution in [0.2, 0.25) is 5.02 Å². The number of nitrogens with zero attached hydrogens (tertiary/aromatic N) is 1. The van der Waals surface area contributed by atoms with Crippen molar-refractivity contribution in [3.63, 3.8) is 0 Å². The zero-order valence-corrected chi connectivity index (χ0v) is 13.8. The molecule has 0 aliphatic heterocycles. The van der Waals surface area contributed by atoms with Crippen molar-refractivity contribution < 1.29 is 4.79 Å². The minimum atomic E-state index is -0.125. The number of carbonyl (C=O) groups excluding carboxylic acids is 1. The molecule has 1 amide bonds. The van der Waals surface area contributed by atoms with E-state index in [0.29, 0.717) is 17.4 Å². The maximum atomic E-state index is 12.0. The van der Waals surface area contributed by atoms with E-state index in [1.165, 1.54) is 0 Å². The van der Waals surface area contributed by atoms with Crippen LogP contribution in [0.4, 0.5) is 0 Å². The summed E-state index contributed by atoms with van der Waals surface area (Å²) < 4.78 is 0. The Kier molecular flexibility index (Phi) is 5.56. The quantitative estimate of drug-likeness (QED) is 0.653. The highest BCUT2D eigenvalue weighted by Gasteiger charge is 2.18. The highest BCUT2D eigenvalue weighted by Crippen LogP contribution is 2.26. The molecule has 1 aliphatic carbocycles. The van der Waals surface area contributed by atoms with E-state index in [2.05, 4.69) is 23.2 Å². The van der Waals surface area contributed by atoms with Crippen molar-refractivity contribution in [2.24, 2.45) is 11.0 Å². The fourth-order valence-corrected chi connectivity index (χ4v) is 2.51. The van der Waals surface area contributed by atoms with Crippen molar-refractivity contribution in [2.75, 3.05) is 0 Å². The van der Waals surface area contributed by atoms with Crippen LogP contribution in [0.25, 0.3) is 0 Å². The average Bonchev–Trinajstić information content (AvgIpc) is 2.48. The second kappa shape index (κ2) is 7.41.